The second-order valence-electron chi connectivity index (χ2n) is 9.56. The summed E-state index contributed by atoms with van der Waals surface area (Å²) in [6.07, 6.45) is 6.06. The number of tetrazole rings is 1. The lowest BCUT2D eigenvalue weighted by Gasteiger charge is -2.36. The molecular formula is C23H26N6O3. The van der Waals surface area contributed by atoms with E-state index in [1.165, 1.54) is 17.2 Å². The van der Waals surface area contributed by atoms with Crippen LogP contribution in [0.5, 0.6) is 0 Å². The van der Waals surface area contributed by atoms with Gasteiger partial charge in [-0.15, -0.1) is 5.10 Å². The molecule has 4 aliphatic rings. The Morgan fingerprint density at radius 3 is 2.88 bits per heavy atom. The lowest BCUT2D eigenvalue weighted by atomic mass is 9.70. The van der Waals surface area contributed by atoms with Crippen LogP contribution in [-0.4, -0.2) is 55.7 Å². The van der Waals surface area contributed by atoms with E-state index in [1.54, 1.807) is 0 Å². The average molecular weight is 435 g/mol. The molecule has 1 N–H and O–H groups in total. The van der Waals surface area contributed by atoms with Crippen molar-refractivity contribution >= 4 is 11.9 Å². The van der Waals surface area contributed by atoms with E-state index >= 15 is 0 Å². The first kappa shape index (κ1) is 19.6. The van der Waals surface area contributed by atoms with Gasteiger partial charge >= 0.3 is 5.97 Å². The van der Waals surface area contributed by atoms with E-state index in [-0.39, 0.29) is 29.9 Å². The SMILES string of the molecule is C[C@H]1CC2(CCC(NCc3ccc4c(c3)Cn3nnnc3-4)CC2)C(=O)N1C1=CC(=O)OC1. The van der Waals surface area contributed by atoms with Crippen LogP contribution in [-0.2, 0) is 27.4 Å². The monoisotopic (exact) mass is 434 g/mol. The molecule has 4 heterocycles. The number of nitrogens with zero attached hydrogens (tertiary/aromatic N) is 5. The predicted molar refractivity (Wildman–Crippen MR) is 114 cm³/mol. The highest BCUT2D eigenvalue weighted by Crippen LogP contribution is 2.48. The van der Waals surface area contributed by atoms with Gasteiger partial charge < -0.3 is 15.0 Å². The fraction of sp³-hybridized carbons (Fsp3) is 0.522. The molecule has 1 aromatic heterocycles. The van der Waals surface area contributed by atoms with Gasteiger partial charge in [-0.05, 0) is 60.6 Å². The third-order valence-electron chi connectivity index (χ3n) is 7.56. The summed E-state index contributed by atoms with van der Waals surface area (Å²) in [4.78, 5) is 26.6. The fourth-order valence-corrected chi connectivity index (χ4v) is 5.94. The van der Waals surface area contributed by atoms with Crippen LogP contribution in [0.4, 0.5) is 0 Å². The summed E-state index contributed by atoms with van der Waals surface area (Å²) in [6, 6.07) is 6.99. The maximum atomic E-state index is 13.3. The van der Waals surface area contributed by atoms with E-state index in [4.69, 9.17) is 4.74 Å². The number of carbonyl (C=O) groups excluding carboxylic acids is 2. The molecule has 1 spiro atoms. The normalized spacial score (nSPS) is 28.8. The van der Waals surface area contributed by atoms with Gasteiger partial charge in [0, 0.05) is 30.3 Å². The van der Waals surface area contributed by atoms with E-state index in [2.05, 4.69) is 46.0 Å². The Morgan fingerprint density at radius 1 is 1.25 bits per heavy atom. The minimum atomic E-state index is -0.349. The molecule has 1 aromatic carbocycles. The van der Waals surface area contributed by atoms with Gasteiger partial charge in [-0.1, -0.05) is 18.2 Å². The molecule has 2 fully saturated rings. The highest BCUT2D eigenvalue weighted by molar-refractivity contribution is 5.91. The van der Waals surface area contributed by atoms with Gasteiger partial charge in [0.1, 0.15) is 6.61 Å². The largest absolute Gasteiger partial charge is 0.456 e. The number of fused-ring (bicyclic) bond motifs is 3. The zero-order chi connectivity index (χ0) is 21.9. The maximum absolute atomic E-state index is 13.3. The second kappa shape index (κ2) is 7.23. The number of ether oxygens (including phenoxy) is 1. The quantitative estimate of drug-likeness (QED) is 0.625. The Kier molecular flexibility index (Phi) is 4.43. The second-order valence-corrected chi connectivity index (χ2v) is 9.56. The summed E-state index contributed by atoms with van der Waals surface area (Å²) in [5.74, 6) is 0.663. The summed E-state index contributed by atoms with van der Waals surface area (Å²) in [7, 11) is 0. The van der Waals surface area contributed by atoms with Crippen LogP contribution in [0.3, 0.4) is 0 Å². The molecule has 9 nitrogen and oxygen atoms in total. The van der Waals surface area contributed by atoms with E-state index < -0.39 is 0 Å². The number of carbonyl (C=O) groups is 2. The van der Waals surface area contributed by atoms with Crippen molar-refractivity contribution in [3.05, 3.63) is 41.1 Å². The van der Waals surface area contributed by atoms with Crippen molar-refractivity contribution in [1.29, 1.82) is 0 Å². The first-order chi connectivity index (χ1) is 15.5. The molecule has 9 heteroatoms. The maximum Gasteiger partial charge on any atom is 0.333 e. The number of aromatic nitrogens is 4. The number of hydrogen-bond donors (Lipinski definition) is 1. The Bertz CT molecular complexity index is 1130. The lowest BCUT2D eigenvalue weighted by molar-refractivity contribution is -0.138. The number of likely N-dealkylation sites (tertiary alicyclic amines) is 1. The summed E-state index contributed by atoms with van der Waals surface area (Å²) >= 11 is 0. The van der Waals surface area contributed by atoms with E-state index in [9.17, 15) is 9.59 Å². The van der Waals surface area contributed by atoms with Crippen molar-refractivity contribution in [2.75, 3.05) is 6.61 Å². The van der Waals surface area contributed by atoms with Crippen LogP contribution in [0.25, 0.3) is 11.4 Å². The number of nitrogens with one attached hydrogen (secondary N) is 1. The van der Waals surface area contributed by atoms with Crippen LogP contribution in [0.1, 0.15) is 50.2 Å². The Balaban J connectivity index is 1.07. The molecule has 0 bridgehead atoms. The van der Waals surface area contributed by atoms with E-state index in [0.29, 0.717) is 11.7 Å². The third-order valence-corrected chi connectivity index (χ3v) is 7.56. The molecule has 32 heavy (non-hydrogen) atoms. The summed E-state index contributed by atoms with van der Waals surface area (Å²) in [6.45, 7) is 3.82. The summed E-state index contributed by atoms with van der Waals surface area (Å²) < 4.78 is 6.86. The molecule has 1 saturated heterocycles. The van der Waals surface area contributed by atoms with Crippen LogP contribution in [0.15, 0.2) is 30.0 Å². The number of hydrogen-bond acceptors (Lipinski definition) is 7. The predicted octanol–water partition coefficient (Wildman–Crippen LogP) is 1.78. The molecule has 0 unspecified atom stereocenters. The number of rotatable bonds is 4. The van der Waals surface area contributed by atoms with Crippen molar-refractivity contribution in [3.8, 4) is 11.4 Å². The van der Waals surface area contributed by atoms with E-state index in [1.807, 2.05) is 9.58 Å². The molecule has 6 rings (SSSR count). The smallest absolute Gasteiger partial charge is 0.333 e. The molecule has 2 aromatic rings. The van der Waals surface area contributed by atoms with Crippen molar-refractivity contribution in [1.82, 2.24) is 30.4 Å². The molecule has 1 aliphatic carbocycles. The van der Waals surface area contributed by atoms with Gasteiger partial charge in [-0.3, -0.25) is 4.79 Å². The summed E-state index contributed by atoms with van der Waals surface area (Å²) in [5, 5.41) is 15.5. The van der Waals surface area contributed by atoms with Crippen LogP contribution in [0, 0.1) is 5.41 Å². The first-order valence-corrected chi connectivity index (χ1v) is 11.4. The highest BCUT2D eigenvalue weighted by atomic mass is 16.5. The van der Waals surface area contributed by atoms with Gasteiger partial charge in [0.25, 0.3) is 0 Å². The molecule has 1 saturated carbocycles. The van der Waals surface area contributed by atoms with Gasteiger partial charge in [-0.25, -0.2) is 9.48 Å². The number of esters is 1. The van der Waals surface area contributed by atoms with Crippen molar-refractivity contribution < 1.29 is 14.3 Å². The van der Waals surface area contributed by atoms with E-state index in [0.717, 1.165) is 56.6 Å². The molecule has 3 aliphatic heterocycles. The standard InChI is InChI=1S/C23H26N6O3/c1-14-10-23(22(31)29(14)18-9-20(30)32-13-18)6-4-17(5-7-23)24-11-15-2-3-19-16(8-15)12-28-21(19)25-26-27-28/h2-3,8-9,14,17,24H,4-7,10-13H2,1H3/t14-,17?,23?/m0/s1. The minimum absolute atomic E-state index is 0.110. The Hall–Kier alpha value is -3.07. The molecule has 1 amide bonds. The van der Waals surface area contributed by atoms with Crippen LogP contribution >= 0.6 is 0 Å². The average Bonchev–Trinajstić information content (AvgIpc) is 3.52. The number of benzene rings is 1. The molecule has 166 valence electrons. The lowest BCUT2D eigenvalue weighted by Crippen LogP contribution is -2.42. The van der Waals surface area contributed by atoms with Gasteiger partial charge in [0.15, 0.2) is 5.82 Å². The Morgan fingerprint density at radius 2 is 2.09 bits per heavy atom. The van der Waals surface area contributed by atoms with Crippen molar-refractivity contribution in [3.63, 3.8) is 0 Å². The zero-order valence-electron chi connectivity index (χ0n) is 18.1. The van der Waals surface area contributed by atoms with Gasteiger partial charge in [0.05, 0.1) is 17.7 Å². The third kappa shape index (κ3) is 3.06. The fourth-order valence-electron chi connectivity index (χ4n) is 5.94. The Labute approximate surface area is 185 Å². The minimum Gasteiger partial charge on any atom is -0.456 e. The van der Waals surface area contributed by atoms with Crippen LogP contribution in [0.2, 0.25) is 0 Å². The highest BCUT2D eigenvalue weighted by Gasteiger charge is 2.52. The van der Waals surface area contributed by atoms with Crippen LogP contribution < -0.4 is 5.32 Å². The van der Waals surface area contributed by atoms with Crippen molar-refractivity contribution in [2.24, 2.45) is 5.41 Å². The molecule has 1 atom stereocenters. The first-order valence-electron chi connectivity index (χ1n) is 11.4. The molecule has 0 radical (unpaired) electrons. The summed E-state index contributed by atoms with van der Waals surface area (Å²) in [5.41, 5.74) is 4.02. The number of amides is 1. The zero-order valence-corrected chi connectivity index (χ0v) is 18.1. The van der Waals surface area contributed by atoms with Gasteiger partial charge in [-0.2, -0.15) is 0 Å². The van der Waals surface area contributed by atoms with Crippen molar-refractivity contribution in [2.45, 2.75) is 64.2 Å². The topological polar surface area (TPSA) is 102 Å². The van der Waals surface area contributed by atoms with Gasteiger partial charge in [0.2, 0.25) is 5.91 Å². The number of cyclic esters (lactones) is 1. The molecular weight excluding hydrogens is 408 g/mol.